The lowest BCUT2D eigenvalue weighted by molar-refractivity contribution is -0.146. The fourth-order valence-corrected chi connectivity index (χ4v) is 2.18. The molecule has 4 nitrogen and oxygen atoms in total. The summed E-state index contributed by atoms with van der Waals surface area (Å²) in [6, 6.07) is 0. The summed E-state index contributed by atoms with van der Waals surface area (Å²) in [5.41, 5.74) is -0.673. The van der Waals surface area contributed by atoms with E-state index in [0.717, 1.165) is 13.1 Å². The van der Waals surface area contributed by atoms with Crippen LogP contribution in [0.1, 0.15) is 33.6 Å². The Balaban J connectivity index is 2.15. The quantitative estimate of drug-likeness (QED) is 0.709. The highest BCUT2D eigenvalue weighted by molar-refractivity contribution is 5.73. The molecule has 0 aromatic rings. The van der Waals surface area contributed by atoms with Crippen LogP contribution in [0.2, 0.25) is 0 Å². The number of nitrogens with zero attached hydrogens (tertiary/aromatic N) is 1. The fraction of sp³-hybridized carbons (Fsp3) is 0.923. The zero-order valence-electron chi connectivity index (χ0n) is 11.3. The third-order valence-corrected chi connectivity index (χ3v) is 3.41. The Morgan fingerprint density at radius 2 is 2.00 bits per heavy atom. The van der Waals surface area contributed by atoms with Gasteiger partial charge in [0.1, 0.15) is 0 Å². The van der Waals surface area contributed by atoms with Crippen LogP contribution in [-0.4, -0.2) is 48.7 Å². The minimum Gasteiger partial charge on any atom is -0.481 e. The van der Waals surface area contributed by atoms with Gasteiger partial charge in [-0.3, -0.25) is 4.79 Å². The SMILES string of the molecule is CC(CNCC(C)(C)C(=O)O)CN1CCCC1. The first-order valence-corrected chi connectivity index (χ1v) is 6.58. The molecule has 1 heterocycles. The number of carboxylic acids is 1. The van der Waals surface area contributed by atoms with E-state index in [-0.39, 0.29) is 0 Å². The largest absolute Gasteiger partial charge is 0.481 e. The molecule has 1 aliphatic heterocycles. The molecular weight excluding hydrogens is 216 g/mol. The number of carbonyl (C=O) groups is 1. The van der Waals surface area contributed by atoms with Gasteiger partial charge in [-0.2, -0.15) is 0 Å². The van der Waals surface area contributed by atoms with E-state index in [4.69, 9.17) is 5.11 Å². The third-order valence-electron chi connectivity index (χ3n) is 3.41. The molecule has 0 saturated carbocycles. The summed E-state index contributed by atoms with van der Waals surface area (Å²) in [5, 5.41) is 12.3. The fourth-order valence-electron chi connectivity index (χ4n) is 2.18. The van der Waals surface area contributed by atoms with E-state index in [1.165, 1.54) is 25.9 Å². The van der Waals surface area contributed by atoms with Crippen LogP contribution in [-0.2, 0) is 4.79 Å². The summed E-state index contributed by atoms with van der Waals surface area (Å²) in [5.74, 6) is -0.158. The summed E-state index contributed by atoms with van der Waals surface area (Å²) < 4.78 is 0. The number of likely N-dealkylation sites (tertiary alicyclic amines) is 1. The Labute approximate surface area is 104 Å². The number of hydrogen-bond acceptors (Lipinski definition) is 3. The second-order valence-corrected chi connectivity index (χ2v) is 5.93. The average molecular weight is 242 g/mol. The number of carboxylic acid groups (broad SMARTS) is 1. The van der Waals surface area contributed by atoms with Crippen LogP contribution >= 0.6 is 0 Å². The van der Waals surface area contributed by atoms with E-state index in [1.807, 2.05) is 0 Å². The van der Waals surface area contributed by atoms with Gasteiger partial charge < -0.3 is 15.3 Å². The van der Waals surface area contributed by atoms with Crippen molar-refractivity contribution in [1.29, 1.82) is 0 Å². The minimum absolute atomic E-state index is 0.534. The normalized spacial score (nSPS) is 19.5. The highest BCUT2D eigenvalue weighted by atomic mass is 16.4. The van der Waals surface area contributed by atoms with Crippen LogP contribution in [0.25, 0.3) is 0 Å². The van der Waals surface area contributed by atoms with Crippen molar-refractivity contribution in [2.24, 2.45) is 11.3 Å². The highest BCUT2D eigenvalue weighted by Gasteiger charge is 2.26. The molecule has 1 fully saturated rings. The second-order valence-electron chi connectivity index (χ2n) is 5.93. The maximum absolute atomic E-state index is 10.9. The van der Waals surface area contributed by atoms with Gasteiger partial charge in [0.15, 0.2) is 0 Å². The Hall–Kier alpha value is -0.610. The molecule has 100 valence electrons. The number of hydrogen-bond donors (Lipinski definition) is 2. The number of nitrogens with one attached hydrogen (secondary N) is 1. The Morgan fingerprint density at radius 1 is 1.41 bits per heavy atom. The van der Waals surface area contributed by atoms with Crippen molar-refractivity contribution in [2.75, 3.05) is 32.7 Å². The lowest BCUT2D eigenvalue weighted by Gasteiger charge is -2.23. The van der Waals surface area contributed by atoms with Crippen molar-refractivity contribution in [2.45, 2.75) is 33.6 Å². The lowest BCUT2D eigenvalue weighted by atomic mass is 9.94. The molecule has 0 bridgehead atoms. The second kappa shape index (κ2) is 6.36. The van der Waals surface area contributed by atoms with Crippen molar-refractivity contribution in [3.05, 3.63) is 0 Å². The molecule has 0 spiro atoms. The van der Waals surface area contributed by atoms with Crippen LogP contribution in [0, 0.1) is 11.3 Å². The zero-order valence-corrected chi connectivity index (χ0v) is 11.3. The molecule has 17 heavy (non-hydrogen) atoms. The molecule has 1 unspecified atom stereocenters. The smallest absolute Gasteiger partial charge is 0.310 e. The maximum atomic E-state index is 10.9. The predicted octanol–water partition coefficient (Wildman–Crippen LogP) is 1.42. The van der Waals surface area contributed by atoms with Gasteiger partial charge in [-0.05, 0) is 52.2 Å². The van der Waals surface area contributed by atoms with Crippen LogP contribution in [0.3, 0.4) is 0 Å². The molecule has 2 N–H and O–H groups in total. The van der Waals surface area contributed by atoms with E-state index in [0.29, 0.717) is 12.5 Å². The standard InChI is InChI=1S/C13H26N2O2/c1-11(9-15-6-4-5-7-15)8-14-10-13(2,3)12(16)17/h11,14H,4-10H2,1-3H3,(H,16,17). The van der Waals surface area contributed by atoms with E-state index in [1.54, 1.807) is 13.8 Å². The molecule has 0 aromatic carbocycles. The lowest BCUT2D eigenvalue weighted by Crippen LogP contribution is -2.39. The molecule has 0 aromatic heterocycles. The average Bonchev–Trinajstić information content (AvgIpc) is 2.69. The van der Waals surface area contributed by atoms with Crippen LogP contribution in [0.15, 0.2) is 0 Å². The first-order valence-electron chi connectivity index (χ1n) is 6.58. The predicted molar refractivity (Wildman–Crippen MR) is 69.1 cm³/mol. The van der Waals surface area contributed by atoms with Gasteiger partial charge in [0.25, 0.3) is 0 Å². The summed E-state index contributed by atoms with van der Waals surface area (Å²) in [6.45, 7) is 10.7. The molecule has 0 amide bonds. The Bertz CT molecular complexity index is 248. The summed E-state index contributed by atoms with van der Waals surface area (Å²) >= 11 is 0. The monoisotopic (exact) mass is 242 g/mol. The first-order chi connectivity index (χ1) is 7.92. The number of rotatable bonds is 7. The van der Waals surface area contributed by atoms with E-state index >= 15 is 0 Å². The van der Waals surface area contributed by atoms with E-state index in [2.05, 4.69) is 17.1 Å². The van der Waals surface area contributed by atoms with Crippen molar-refractivity contribution in [1.82, 2.24) is 10.2 Å². The molecule has 0 radical (unpaired) electrons. The summed E-state index contributed by atoms with van der Waals surface area (Å²) in [4.78, 5) is 13.4. The van der Waals surface area contributed by atoms with Crippen molar-refractivity contribution < 1.29 is 9.90 Å². The van der Waals surface area contributed by atoms with Crippen LogP contribution in [0.4, 0.5) is 0 Å². The van der Waals surface area contributed by atoms with Gasteiger partial charge in [0, 0.05) is 13.1 Å². The molecule has 1 saturated heterocycles. The summed E-state index contributed by atoms with van der Waals surface area (Å²) in [7, 11) is 0. The first kappa shape index (κ1) is 14.5. The van der Waals surface area contributed by atoms with Gasteiger partial charge in [-0.1, -0.05) is 6.92 Å². The molecule has 1 atom stereocenters. The third kappa shape index (κ3) is 5.04. The van der Waals surface area contributed by atoms with Gasteiger partial charge in [0.2, 0.25) is 0 Å². The van der Waals surface area contributed by atoms with Gasteiger partial charge in [0.05, 0.1) is 5.41 Å². The van der Waals surface area contributed by atoms with Crippen molar-refractivity contribution in [3.8, 4) is 0 Å². The molecule has 4 heteroatoms. The van der Waals surface area contributed by atoms with Crippen LogP contribution in [0.5, 0.6) is 0 Å². The molecular formula is C13H26N2O2. The molecule has 0 aliphatic carbocycles. The van der Waals surface area contributed by atoms with Crippen molar-refractivity contribution >= 4 is 5.97 Å². The molecule has 1 aliphatic rings. The Morgan fingerprint density at radius 3 is 2.53 bits per heavy atom. The Kier molecular flexibility index (Phi) is 5.40. The maximum Gasteiger partial charge on any atom is 0.310 e. The highest BCUT2D eigenvalue weighted by Crippen LogP contribution is 2.14. The van der Waals surface area contributed by atoms with Gasteiger partial charge in [-0.25, -0.2) is 0 Å². The van der Waals surface area contributed by atoms with E-state index < -0.39 is 11.4 Å². The van der Waals surface area contributed by atoms with Gasteiger partial charge >= 0.3 is 5.97 Å². The molecule has 1 rings (SSSR count). The summed E-state index contributed by atoms with van der Waals surface area (Å²) in [6.07, 6.45) is 2.65. The van der Waals surface area contributed by atoms with E-state index in [9.17, 15) is 4.79 Å². The number of aliphatic carboxylic acids is 1. The van der Waals surface area contributed by atoms with Gasteiger partial charge in [-0.15, -0.1) is 0 Å². The minimum atomic E-state index is -0.739. The van der Waals surface area contributed by atoms with Crippen LogP contribution < -0.4 is 5.32 Å². The topological polar surface area (TPSA) is 52.6 Å². The zero-order chi connectivity index (χ0) is 12.9. The van der Waals surface area contributed by atoms with Crippen molar-refractivity contribution in [3.63, 3.8) is 0 Å².